The zero-order valence-electron chi connectivity index (χ0n) is 12.3. The van der Waals surface area contributed by atoms with Crippen LogP contribution in [0, 0.1) is 0 Å². The topological polar surface area (TPSA) is 54.3 Å². The molecule has 1 aromatic rings. The van der Waals surface area contributed by atoms with Crippen molar-refractivity contribution >= 4 is 5.91 Å². The van der Waals surface area contributed by atoms with Gasteiger partial charge in [-0.2, -0.15) is 0 Å². The molecular formula is C14H23N5O. The second kappa shape index (κ2) is 5.52. The quantitative estimate of drug-likeness (QED) is 0.798. The van der Waals surface area contributed by atoms with Crippen LogP contribution in [0.4, 0.5) is 0 Å². The fourth-order valence-corrected chi connectivity index (χ4v) is 3.09. The predicted molar refractivity (Wildman–Crippen MR) is 74.8 cm³/mol. The molecule has 2 fully saturated rings. The lowest BCUT2D eigenvalue weighted by Gasteiger charge is -2.30. The minimum atomic E-state index is 0.220. The van der Waals surface area contributed by atoms with E-state index in [4.69, 9.17) is 0 Å². The molecule has 0 N–H and O–H groups in total. The van der Waals surface area contributed by atoms with Crippen molar-refractivity contribution in [3.05, 3.63) is 12.2 Å². The summed E-state index contributed by atoms with van der Waals surface area (Å²) in [6.07, 6.45) is 6.48. The van der Waals surface area contributed by atoms with Crippen LogP contribution < -0.4 is 0 Å². The van der Waals surface area contributed by atoms with Gasteiger partial charge in [-0.15, -0.1) is 10.2 Å². The third-order valence-corrected chi connectivity index (χ3v) is 4.45. The summed E-state index contributed by atoms with van der Waals surface area (Å²) in [5.74, 6) is 1.22. The number of nitrogens with zero attached hydrogens (tertiary/aromatic N) is 5. The van der Waals surface area contributed by atoms with E-state index in [1.54, 1.807) is 13.3 Å². The highest BCUT2D eigenvalue weighted by Crippen LogP contribution is 2.29. The van der Waals surface area contributed by atoms with E-state index >= 15 is 0 Å². The Morgan fingerprint density at radius 1 is 1.45 bits per heavy atom. The van der Waals surface area contributed by atoms with Gasteiger partial charge in [0, 0.05) is 32.6 Å². The second-order valence-electron chi connectivity index (χ2n) is 6.03. The summed E-state index contributed by atoms with van der Waals surface area (Å²) in [6.45, 7) is 4.49. The van der Waals surface area contributed by atoms with Gasteiger partial charge in [0.15, 0.2) is 0 Å². The van der Waals surface area contributed by atoms with Crippen molar-refractivity contribution in [2.75, 3.05) is 13.1 Å². The standard InChI is InChI=1S/C14H23N5O/c1-11(20)19(12-5-6-12)8-13-4-3-7-18(13)9-14-16-15-10-17(14)2/h10,12-13H,3-9H2,1-2H3/t13-/m0/s1. The average molecular weight is 277 g/mol. The summed E-state index contributed by atoms with van der Waals surface area (Å²) in [5.41, 5.74) is 0. The van der Waals surface area contributed by atoms with Crippen LogP contribution in [-0.2, 0) is 18.4 Å². The van der Waals surface area contributed by atoms with E-state index in [0.717, 1.165) is 25.5 Å². The summed E-state index contributed by atoms with van der Waals surface area (Å²) in [6, 6.07) is 0.973. The van der Waals surface area contributed by atoms with Gasteiger partial charge < -0.3 is 9.47 Å². The Balaban J connectivity index is 1.63. The third kappa shape index (κ3) is 2.85. The fraction of sp³-hybridized carbons (Fsp3) is 0.786. The van der Waals surface area contributed by atoms with Crippen molar-refractivity contribution in [1.82, 2.24) is 24.6 Å². The number of rotatable bonds is 5. The maximum absolute atomic E-state index is 11.8. The molecule has 0 unspecified atom stereocenters. The van der Waals surface area contributed by atoms with Gasteiger partial charge in [0.2, 0.25) is 5.91 Å². The molecule has 6 nitrogen and oxygen atoms in total. The lowest BCUT2D eigenvalue weighted by molar-refractivity contribution is -0.130. The molecule has 1 aliphatic heterocycles. The van der Waals surface area contributed by atoms with Crippen LogP contribution in [0.5, 0.6) is 0 Å². The van der Waals surface area contributed by atoms with Crippen LogP contribution in [0.1, 0.15) is 38.4 Å². The molecule has 2 heterocycles. The largest absolute Gasteiger partial charge is 0.338 e. The van der Waals surface area contributed by atoms with Crippen LogP contribution in [0.3, 0.4) is 0 Å². The van der Waals surface area contributed by atoms with Gasteiger partial charge in [0.1, 0.15) is 12.2 Å². The number of carbonyl (C=O) groups excluding carboxylic acids is 1. The maximum Gasteiger partial charge on any atom is 0.219 e. The monoisotopic (exact) mass is 277 g/mol. The summed E-state index contributed by atoms with van der Waals surface area (Å²) in [4.78, 5) is 16.3. The van der Waals surface area contributed by atoms with Crippen molar-refractivity contribution in [3.63, 3.8) is 0 Å². The highest BCUT2D eigenvalue weighted by molar-refractivity contribution is 5.74. The molecule has 1 saturated carbocycles. The van der Waals surface area contributed by atoms with E-state index in [-0.39, 0.29) is 5.91 Å². The molecule has 3 rings (SSSR count). The average Bonchev–Trinajstić information content (AvgIpc) is 3.03. The molecule has 1 saturated heterocycles. The van der Waals surface area contributed by atoms with Crippen molar-refractivity contribution in [1.29, 1.82) is 0 Å². The molecular weight excluding hydrogens is 254 g/mol. The zero-order valence-corrected chi connectivity index (χ0v) is 12.3. The molecule has 1 amide bonds. The van der Waals surface area contributed by atoms with Gasteiger partial charge in [0.05, 0.1) is 6.54 Å². The first kappa shape index (κ1) is 13.5. The number of amides is 1. The van der Waals surface area contributed by atoms with E-state index in [1.165, 1.54) is 25.7 Å². The molecule has 20 heavy (non-hydrogen) atoms. The lowest BCUT2D eigenvalue weighted by Crippen LogP contribution is -2.43. The molecule has 6 heteroatoms. The van der Waals surface area contributed by atoms with Gasteiger partial charge in [0.25, 0.3) is 0 Å². The molecule has 0 radical (unpaired) electrons. The molecule has 1 atom stereocenters. The Bertz CT molecular complexity index is 482. The van der Waals surface area contributed by atoms with E-state index in [2.05, 4.69) is 20.0 Å². The van der Waals surface area contributed by atoms with Crippen molar-refractivity contribution in [2.24, 2.45) is 7.05 Å². The number of aryl methyl sites for hydroxylation is 1. The van der Waals surface area contributed by atoms with Crippen molar-refractivity contribution in [2.45, 2.75) is 51.2 Å². The SMILES string of the molecule is CC(=O)N(C[C@@H]1CCCN1Cc1nncn1C)C1CC1. The molecule has 0 aromatic carbocycles. The maximum atomic E-state index is 11.8. The van der Waals surface area contributed by atoms with Gasteiger partial charge in [-0.3, -0.25) is 9.69 Å². The Morgan fingerprint density at radius 2 is 2.25 bits per heavy atom. The minimum absolute atomic E-state index is 0.220. The van der Waals surface area contributed by atoms with E-state index in [9.17, 15) is 4.79 Å². The highest BCUT2D eigenvalue weighted by atomic mass is 16.2. The Labute approximate surface area is 119 Å². The van der Waals surface area contributed by atoms with Crippen LogP contribution in [0.25, 0.3) is 0 Å². The summed E-state index contributed by atoms with van der Waals surface area (Å²) < 4.78 is 1.97. The number of hydrogen-bond acceptors (Lipinski definition) is 4. The Kier molecular flexibility index (Phi) is 3.74. The van der Waals surface area contributed by atoms with Crippen molar-refractivity contribution < 1.29 is 4.79 Å². The van der Waals surface area contributed by atoms with E-state index < -0.39 is 0 Å². The van der Waals surface area contributed by atoms with Crippen LogP contribution in [-0.4, -0.2) is 55.6 Å². The molecule has 0 bridgehead atoms. The second-order valence-corrected chi connectivity index (χ2v) is 6.03. The molecule has 110 valence electrons. The number of hydrogen-bond donors (Lipinski definition) is 0. The molecule has 1 aliphatic carbocycles. The van der Waals surface area contributed by atoms with Gasteiger partial charge in [-0.1, -0.05) is 0 Å². The molecule has 1 aromatic heterocycles. The number of aromatic nitrogens is 3. The van der Waals surface area contributed by atoms with Crippen LogP contribution in [0.15, 0.2) is 6.33 Å². The lowest BCUT2D eigenvalue weighted by atomic mass is 10.2. The fourth-order valence-electron chi connectivity index (χ4n) is 3.09. The predicted octanol–water partition coefficient (Wildman–Crippen LogP) is 0.790. The molecule has 0 spiro atoms. The Hall–Kier alpha value is -1.43. The minimum Gasteiger partial charge on any atom is -0.338 e. The smallest absolute Gasteiger partial charge is 0.219 e. The normalized spacial score (nSPS) is 23.2. The molecule has 2 aliphatic rings. The highest BCUT2D eigenvalue weighted by Gasteiger charge is 2.35. The van der Waals surface area contributed by atoms with E-state index in [0.29, 0.717) is 12.1 Å². The van der Waals surface area contributed by atoms with Crippen molar-refractivity contribution in [3.8, 4) is 0 Å². The van der Waals surface area contributed by atoms with Gasteiger partial charge in [-0.05, 0) is 32.2 Å². The first-order valence-electron chi connectivity index (χ1n) is 7.49. The number of carbonyl (C=O) groups is 1. The summed E-state index contributed by atoms with van der Waals surface area (Å²) >= 11 is 0. The van der Waals surface area contributed by atoms with Gasteiger partial charge in [-0.25, -0.2) is 0 Å². The Morgan fingerprint density at radius 3 is 2.85 bits per heavy atom. The van der Waals surface area contributed by atoms with Crippen LogP contribution >= 0.6 is 0 Å². The summed E-state index contributed by atoms with van der Waals surface area (Å²) in [7, 11) is 1.98. The first-order valence-corrected chi connectivity index (χ1v) is 7.49. The first-order chi connectivity index (χ1) is 9.65. The number of likely N-dealkylation sites (tertiary alicyclic amines) is 1. The van der Waals surface area contributed by atoms with Crippen LogP contribution in [0.2, 0.25) is 0 Å². The van der Waals surface area contributed by atoms with Gasteiger partial charge >= 0.3 is 0 Å². The van der Waals surface area contributed by atoms with E-state index in [1.807, 2.05) is 11.6 Å². The summed E-state index contributed by atoms with van der Waals surface area (Å²) in [5, 5.41) is 8.10. The zero-order chi connectivity index (χ0) is 14.1. The third-order valence-electron chi connectivity index (χ3n) is 4.45.